The predicted octanol–water partition coefficient (Wildman–Crippen LogP) is 1.00. The highest BCUT2D eigenvalue weighted by Gasteiger charge is 2.06. The zero-order chi connectivity index (χ0) is 13.2. The van der Waals surface area contributed by atoms with Gasteiger partial charge in [0.05, 0.1) is 12.7 Å². The summed E-state index contributed by atoms with van der Waals surface area (Å²) in [7, 11) is 0. The largest absolute Gasteiger partial charge is 0.326 e. The van der Waals surface area contributed by atoms with Crippen LogP contribution in [0.5, 0.6) is 0 Å². The summed E-state index contributed by atoms with van der Waals surface area (Å²) in [6.45, 7) is 0.994. The number of rotatable bonds is 3. The van der Waals surface area contributed by atoms with Gasteiger partial charge in [0, 0.05) is 18.9 Å². The summed E-state index contributed by atoms with van der Waals surface area (Å²) in [4.78, 5) is 12.3. The first kappa shape index (κ1) is 11.7. The lowest BCUT2D eigenvalue weighted by Crippen LogP contribution is -2.22. The van der Waals surface area contributed by atoms with Crippen LogP contribution in [-0.2, 0) is 13.1 Å². The Balaban J connectivity index is 2.06. The minimum absolute atomic E-state index is 0.0492. The molecule has 0 bridgehead atoms. The molecule has 2 aromatic heterocycles. The fourth-order valence-electron chi connectivity index (χ4n) is 2.18. The minimum Gasteiger partial charge on any atom is -0.326 e. The first-order valence-corrected chi connectivity index (χ1v) is 6.09. The van der Waals surface area contributed by atoms with E-state index in [9.17, 15) is 4.79 Å². The van der Waals surface area contributed by atoms with E-state index in [0.717, 1.165) is 11.1 Å². The summed E-state index contributed by atoms with van der Waals surface area (Å²) in [5.74, 6) is 0. The molecular weight excluding hydrogens is 240 g/mol. The third-order valence-electron chi connectivity index (χ3n) is 3.22. The fraction of sp³-hybridized carbons (Fsp3) is 0.143. The maximum absolute atomic E-state index is 12.3. The van der Waals surface area contributed by atoms with Crippen LogP contribution in [0.3, 0.4) is 0 Å². The van der Waals surface area contributed by atoms with Crippen molar-refractivity contribution in [3.63, 3.8) is 0 Å². The average molecular weight is 254 g/mol. The molecule has 3 aromatic rings. The van der Waals surface area contributed by atoms with Crippen molar-refractivity contribution in [3.8, 4) is 0 Å². The number of aromatic nitrogens is 3. The second-order valence-electron chi connectivity index (χ2n) is 4.37. The van der Waals surface area contributed by atoms with E-state index < -0.39 is 0 Å². The molecule has 0 fully saturated rings. The Bertz CT molecular complexity index is 772. The highest BCUT2D eigenvalue weighted by Crippen LogP contribution is 2.09. The van der Waals surface area contributed by atoms with E-state index in [1.165, 1.54) is 0 Å². The molecule has 0 saturated carbocycles. The van der Waals surface area contributed by atoms with E-state index in [4.69, 9.17) is 5.73 Å². The number of nitrogens with zero attached hydrogens (tertiary/aromatic N) is 3. The van der Waals surface area contributed by atoms with E-state index in [2.05, 4.69) is 5.10 Å². The van der Waals surface area contributed by atoms with Crippen LogP contribution in [0.4, 0.5) is 0 Å². The third-order valence-corrected chi connectivity index (χ3v) is 3.22. The van der Waals surface area contributed by atoms with Crippen LogP contribution in [0, 0.1) is 0 Å². The Morgan fingerprint density at radius 1 is 1.11 bits per heavy atom. The van der Waals surface area contributed by atoms with E-state index in [1.807, 2.05) is 24.3 Å². The lowest BCUT2D eigenvalue weighted by molar-refractivity contribution is 0.735. The molecule has 0 aliphatic rings. The number of hydrogen-bond donors (Lipinski definition) is 1. The molecule has 0 spiro atoms. The Labute approximate surface area is 109 Å². The maximum atomic E-state index is 12.3. The van der Waals surface area contributed by atoms with Crippen molar-refractivity contribution in [1.29, 1.82) is 0 Å². The van der Waals surface area contributed by atoms with Gasteiger partial charge >= 0.3 is 0 Å². The van der Waals surface area contributed by atoms with Crippen LogP contribution in [0.25, 0.3) is 5.52 Å². The van der Waals surface area contributed by atoms with Crippen molar-refractivity contribution in [1.82, 2.24) is 14.2 Å². The summed E-state index contributed by atoms with van der Waals surface area (Å²) in [6, 6.07) is 9.60. The normalized spacial score (nSPS) is 11.0. The molecule has 0 saturated heterocycles. The molecule has 0 radical (unpaired) electrons. The van der Waals surface area contributed by atoms with Crippen molar-refractivity contribution >= 4 is 5.52 Å². The molecule has 0 aliphatic carbocycles. The van der Waals surface area contributed by atoms with Crippen LogP contribution in [0.2, 0.25) is 0 Å². The first-order valence-electron chi connectivity index (χ1n) is 6.09. The predicted molar refractivity (Wildman–Crippen MR) is 72.9 cm³/mol. The second-order valence-corrected chi connectivity index (χ2v) is 4.37. The van der Waals surface area contributed by atoms with Crippen molar-refractivity contribution in [2.75, 3.05) is 0 Å². The van der Waals surface area contributed by atoms with Gasteiger partial charge in [-0.1, -0.05) is 24.3 Å². The molecule has 0 amide bonds. The van der Waals surface area contributed by atoms with Crippen molar-refractivity contribution < 1.29 is 0 Å². The van der Waals surface area contributed by atoms with Gasteiger partial charge in [0.2, 0.25) is 0 Å². The summed E-state index contributed by atoms with van der Waals surface area (Å²) < 4.78 is 3.25. The fourth-order valence-corrected chi connectivity index (χ4v) is 2.18. The lowest BCUT2D eigenvalue weighted by atomic mass is 10.1. The minimum atomic E-state index is -0.0492. The molecular formula is C14H14N4O. The van der Waals surface area contributed by atoms with Gasteiger partial charge < -0.3 is 10.3 Å². The Morgan fingerprint density at radius 2 is 1.89 bits per heavy atom. The van der Waals surface area contributed by atoms with Gasteiger partial charge in [0.25, 0.3) is 5.56 Å². The molecule has 5 heteroatoms. The van der Waals surface area contributed by atoms with Crippen molar-refractivity contribution in [3.05, 3.63) is 70.4 Å². The average Bonchev–Trinajstić information content (AvgIpc) is 2.92. The van der Waals surface area contributed by atoms with Gasteiger partial charge in [-0.2, -0.15) is 5.10 Å². The van der Waals surface area contributed by atoms with Gasteiger partial charge in [-0.05, 0) is 17.2 Å². The highest BCUT2D eigenvalue weighted by molar-refractivity contribution is 5.42. The summed E-state index contributed by atoms with van der Waals surface area (Å²) in [5.41, 5.74) is 8.37. The first-order chi connectivity index (χ1) is 9.29. The molecule has 1 aromatic carbocycles. The van der Waals surface area contributed by atoms with E-state index in [1.54, 1.807) is 33.7 Å². The number of fused-ring (bicyclic) bond motifs is 1. The molecule has 0 aliphatic heterocycles. The summed E-state index contributed by atoms with van der Waals surface area (Å²) >= 11 is 0. The smallest absolute Gasteiger partial charge is 0.276 e. The van der Waals surface area contributed by atoms with Gasteiger partial charge in [-0.3, -0.25) is 4.79 Å². The molecule has 5 nitrogen and oxygen atoms in total. The van der Waals surface area contributed by atoms with E-state index >= 15 is 0 Å². The van der Waals surface area contributed by atoms with Gasteiger partial charge in [0.15, 0.2) is 0 Å². The Hall–Kier alpha value is -2.40. The molecule has 96 valence electrons. The van der Waals surface area contributed by atoms with Gasteiger partial charge in [0.1, 0.15) is 5.52 Å². The zero-order valence-electron chi connectivity index (χ0n) is 10.4. The molecule has 3 rings (SSSR count). The lowest BCUT2D eigenvalue weighted by Gasteiger charge is -2.10. The summed E-state index contributed by atoms with van der Waals surface area (Å²) in [6.07, 6.45) is 5.15. The highest BCUT2D eigenvalue weighted by atomic mass is 16.1. The van der Waals surface area contributed by atoms with Crippen molar-refractivity contribution in [2.45, 2.75) is 13.1 Å². The zero-order valence-corrected chi connectivity index (χ0v) is 10.4. The van der Waals surface area contributed by atoms with E-state index in [0.29, 0.717) is 18.6 Å². The van der Waals surface area contributed by atoms with Crippen molar-refractivity contribution in [2.24, 2.45) is 5.73 Å². The maximum Gasteiger partial charge on any atom is 0.276 e. The monoisotopic (exact) mass is 254 g/mol. The molecule has 0 atom stereocenters. The third kappa shape index (κ3) is 2.04. The van der Waals surface area contributed by atoms with Crippen LogP contribution in [0.15, 0.2) is 53.7 Å². The second kappa shape index (κ2) is 4.70. The van der Waals surface area contributed by atoms with Crippen LogP contribution >= 0.6 is 0 Å². The Kier molecular flexibility index (Phi) is 2.89. The molecule has 2 N–H and O–H groups in total. The van der Waals surface area contributed by atoms with E-state index in [-0.39, 0.29) is 5.56 Å². The Morgan fingerprint density at radius 3 is 2.68 bits per heavy atom. The van der Waals surface area contributed by atoms with Crippen LogP contribution in [-0.4, -0.2) is 14.2 Å². The van der Waals surface area contributed by atoms with Gasteiger partial charge in [-0.15, -0.1) is 0 Å². The standard InChI is InChI=1S/C14H14N4O/c15-9-11-3-1-2-4-12(11)10-17-7-8-18-13(14(17)19)5-6-16-18/h1-8H,9-10,15H2. The molecule has 19 heavy (non-hydrogen) atoms. The number of hydrogen-bond acceptors (Lipinski definition) is 3. The number of nitrogens with two attached hydrogens (primary N) is 1. The quantitative estimate of drug-likeness (QED) is 0.758. The SMILES string of the molecule is NCc1ccccc1Cn1ccn2nccc2c1=O. The molecule has 0 unspecified atom stereocenters. The van der Waals surface area contributed by atoms with Gasteiger partial charge in [-0.25, -0.2) is 4.52 Å². The van der Waals surface area contributed by atoms with Crippen LogP contribution in [0.1, 0.15) is 11.1 Å². The molecule has 2 heterocycles. The number of benzene rings is 1. The summed E-state index contributed by atoms with van der Waals surface area (Å²) in [5, 5.41) is 4.04. The van der Waals surface area contributed by atoms with Crippen LogP contribution < -0.4 is 11.3 Å². The topological polar surface area (TPSA) is 65.3 Å².